The molecule has 0 spiro atoms. The molecule has 3 aromatic rings. The van der Waals surface area contributed by atoms with Gasteiger partial charge >= 0.3 is 0 Å². The van der Waals surface area contributed by atoms with Gasteiger partial charge in [-0.15, -0.1) is 0 Å². The van der Waals surface area contributed by atoms with Crippen molar-refractivity contribution in [2.75, 3.05) is 6.54 Å². The van der Waals surface area contributed by atoms with Crippen LogP contribution in [0.2, 0.25) is 0 Å². The van der Waals surface area contributed by atoms with E-state index in [0.29, 0.717) is 6.04 Å². The third-order valence-electron chi connectivity index (χ3n) is 5.07. The molecule has 134 valence electrons. The van der Waals surface area contributed by atoms with Crippen LogP contribution in [-0.2, 0) is 13.6 Å². The minimum atomic E-state index is -0.224. The third-order valence-corrected chi connectivity index (χ3v) is 5.07. The number of rotatable bonds is 4. The van der Waals surface area contributed by atoms with E-state index in [1.54, 1.807) is 12.1 Å². The van der Waals surface area contributed by atoms with Gasteiger partial charge in [-0.2, -0.15) is 5.10 Å². The second-order valence-electron chi connectivity index (χ2n) is 6.99. The number of hydrogen-bond donors (Lipinski definition) is 0. The van der Waals surface area contributed by atoms with Gasteiger partial charge in [-0.1, -0.05) is 12.5 Å². The summed E-state index contributed by atoms with van der Waals surface area (Å²) in [5, 5.41) is 4.28. The van der Waals surface area contributed by atoms with Gasteiger partial charge in [0.05, 0.1) is 11.9 Å². The molecule has 1 saturated heterocycles. The number of nitrogens with zero attached hydrogens (tertiary/aromatic N) is 4. The first-order valence-electron chi connectivity index (χ1n) is 9.12. The van der Waals surface area contributed by atoms with Crippen molar-refractivity contribution in [1.82, 2.24) is 19.7 Å². The molecule has 4 rings (SSSR count). The number of piperidine rings is 1. The van der Waals surface area contributed by atoms with Crippen molar-refractivity contribution in [3.8, 4) is 11.3 Å². The Morgan fingerprint density at radius 1 is 1.08 bits per heavy atom. The fourth-order valence-electron chi connectivity index (χ4n) is 3.74. The van der Waals surface area contributed by atoms with E-state index >= 15 is 0 Å². The van der Waals surface area contributed by atoms with Gasteiger partial charge < -0.3 is 0 Å². The number of benzene rings is 1. The average Bonchev–Trinajstić information content (AvgIpc) is 3.08. The molecule has 0 radical (unpaired) electrons. The van der Waals surface area contributed by atoms with Crippen LogP contribution in [0.5, 0.6) is 0 Å². The number of halogens is 1. The van der Waals surface area contributed by atoms with Crippen LogP contribution >= 0.6 is 0 Å². The Morgan fingerprint density at radius 2 is 1.92 bits per heavy atom. The first-order chi connectivity index (χ1) is 12.7. The Morgan fingerprint density at radius 3 is 2.62 bits per heavy atom. The highest BCUT2D eigenvalue weighted by molar-refractivity contribution is 5.58. The van der Waals surface area contributed by atoms with Crippen molar-refractivity contribution >= 4 is 0 Å². The number of likely N-dealkylation sites (tertiary alicyclic amines) is 1. The molecule has 4 nitrogen and oxygen atoms in total. The number of hydrogen-bond acceptors (Lipinski definition) is 3. The van der Waals surface area contributed by atoms with Crippen LogP contribution in [0.15, 0.2) is 55.0 Å². The minimum Gasteiger partial charge on any atom is -0.292 e. The summed E-state index contributed by atoms with van der Waals surface area (Å²) in [6.07, 6.45) is 9.64. The van der Waals surface area contributed by atoms with Crippen LogP contribution in [0.3, 0.4) is 0 Å². The van der Waals surface area contributed by atoms with Crippen molar-refractivity contribution in [1.29, 1.82) is 0 Å². The Kier molecular flexibility index (Phi) is 4.80. The van der Waals surface area contributed by atoms with Gasteiger partial charge in [0.15, 0.2) is 0 Å². The highest BCUT2D eigenvalue weighted by Gasteiger charge is 2.24. The molecule has 1 aliphatic heterocycles. The summed E-state index contributed by atoms with van der Waals surface area (Å²) >= 11 is 0. The van der Waals surface area contributed by atoms with Crippen LogP contribution in [0.25, 0.3) is 11.3 Å². The summed E-state index contributed by atoms with van der Waals surface area (Å²) < 4.78 is 15.0. The molecule has 1 atom stereocenters. The smallest absolute Gasteiger partial charge is 0.123 e. The lowest BCUT2D eigenvalue weighted by Gasteiger charge is -2.35. The molecular weight excluding hydrogens is 327 g/mol. The second-order valence-corrected chi connectivity index (χ2v) is 6.99. The molecule has 5 heteroatoms. The zero-order valence-corrected chi connectivity index (χ0v) is 15.0. The lowest BCUT2D eigenvalue weighted by Crippen LogP contribution is -2.32. The monoisotopic (exact) mass is 350 g/mol. The van der Waals surface area contributed by atoms with Gasteiger partial charge in [0, 0.05) is 43.2 Å². The van der Waals surface area contributed by atoms with E-state index in [1.807, 2.05) is 30.2 Å². The fourth-order valence-corrected chi connectivity index (χ4v) is 3.74. The Bertz CT molecular complexity index is 854. The normalized spacial score (nSPS) is 18.2. The van der Waals surface area contributed by atoms with Crippen LogP contribution < -0.4 is 0 Å². The molecule has 3 heterocycles. The van der Waals surface area contributed by atoms with Crippen molar-refractivity contribution in [3.63, 3.8) is 0 Å². The SMILES string of the molecule is Cn1cc(CN2CCCCC2c2ccc(-c3ccc(F)cc3)nc2)cn1. The van der Waals surface area contributed by atoms with E-state index in [9.17, 15) is 4.39 Å². The maximum Gasteiger partial charge on any atom is 0.123 e. The molecule has 0 N–H and O–H groups in total. The van der Waals surface area contributed by atoms with Crippen molar-refractivity contribution in [3.05, 3.63) is 71.9 Å². The van der Waals surface area contributed by atoms with Crippen LogP contribution in [0.1, 0.15) is 36.4 Å². The highest BCUT2D eigenvalue weighted by atomic mass is 19.1. The molecule has 26 heavy (non-hydrogen) atoms. The molecule has 0 amide bonds. The quantitative estimate of drug-likeness (QED) is 0.701. The first kappa shape index (κ1) is 16.9. The van der Waals surface area contributed by atoms with Crippen LogP contribution in [-0.4, -0.2) is 26.2 Å². The van der Waals surface area contributed by atoms with E-state index < -0.39 is 0 Å². The molecule has 1 unspecified atom stereocenters. The van der Waals surface area contributed by atoms with E-state index in [1.165, 1.54) is 36.1 Å². The van der Waals surface area contributed by atoms with E-state index in [4.69, 9.17) is 0 Å². The molecule has 1 fully saturated rings. The third kappa shape index (κ3) is 3.68. The van der Waals surface area contributed by atoms with Crippen LogP contribution in [0.4, 0.5) is 4.39 Å². The van der Waals surface area contributed by atoms with Gasteiger partial charge in [0.25, 0.3) is 0 Å². The zero-order valence-electron chi connectivity index (χ0n) is 15.0. The van der Waals surface area contributed by atoms with Crippen molar-refractivity contribution in [2.24, 2.45) is 7.05 Å². The fraction of sp³-hybridized carbons (Fsp3) is 0.333. The Balaban J connectivity index is 1.53. The summed E-state index contributed by atoms with van der Waals surface area (Å²) in [5.41, 5.74) is 4.31. The number of pyridine rings is 1. The summed E-state index contributed by atoms with van der Waals surface area (Å²) in [7, 11) is 1.95. The largest absolute Gasteiger partial charge is 0.292 e. The highest BCUT2D eigenvalue weighted by Crippen LogP contribution is 2.32. The summed E-state index contributed by atoms with van der Waals surface area (Å²) in [6, 6.07) is 11.1. The Hall–Kier alpha value is -2.53. The second kappa shape index (κ2) is 7.38. The van der Waals surface area contributed by atoms with Gasteiger partial charge in [0.1, 0.15) is 5.82 Å². The molecule has 0 bridgehead atoms. The zero-order chi connectivity index (χ0) is 17.9. The topological polar surface area (TPSA) is 34.0 Å². The summed E-state index contributed by atoms with van der Waals surface area (Å²) in [4.78, 5) is 7.16. The molecule has 1 aliphatic rings. The average molecular weight is 350 g/mol. The molecule has 2 aromatic heterocycles. The van der Waals surface area contributed by atoms with Crippen LogP contribution in [0, 0.1) is 5.82 Å². The van der Waals surface area contributed by atoms with Gasteiger partial charge in [-0.3, -0.25) is 14.6 Å². The van der Waals surface area contributed by atoms with Gasteiger partial charge in [-0.05, 0) is 55.3 Å². The first-order valence-corrected chi connectivity index (χ1v) is 9.12. The summed E-state index contributed by atoms with van der Waals surface area (Å²) in [5.74, 6) is -0.224. The minimum absolute atomic E-state index is 0.224. The van der Waals surface area contributed by atoms with Crippen molar-refractivity contribution in [2.45, 2.75) is 31.8 Å². The molecular formula is C21H23FN4. The maximum atomic E-state index is 13.1. The molecule has 0 aliphatic carbocycles. The maximum absolute atomic E-state index is 13.1. The van der Waals surface area contributed by atoms with Gasteiger partial charge in [0.2, 0.25) is 0 Å². The predicted molar refractivity (Wildman–Crippen MR) is 99.8 cm³/mol. The van der Waals surface area contributed by atoms with Gasteiger partial charge in [-0.25, -0.2) is 4.39 Å². The summed E-state index contributed by atoms with van der Waals surface area (Å²) in [6.45, 7) is 2.01. The standard InChI is InChI=1S/C21H23FN4/c1-25-14-16(12-24-25)15-26-11-3-2-4-21(26)18-7-10-20(23-13-18)17-5-8-19(22)9-6-17/h5-10,12-14,21H,2-4,11,15H2,1H3. The van der Waals surface area contributed by atoms with Crippen molar-refractivity contribution < 1.29 is 4.39 Å². The molecule has 0 saturated carbocycles. The Labute approximate surface area is 153 Å². The number of aryl methyl sites for hydroxylation is 1. The number of aromatic nitrogens is 3. The lowest BCUT2D eigenvalue weighted by molar-refractivity contribution is 0.140. The lowest BCUT2D eigenvalue weighted by atomic mass is 9.95. The molecule has 1 aromatic carbocycles. The van der Waals surface area contributed by atoms with E-state index in [-0.39, 0.29) is 5.82 Å². The van der Waals surface area contributed by atoms with E-state index in [0.717, 1.165) is 30.8 Å². The van der Waals surface area contributed by atoms with E-state index in [2.05, 4.69) is 27.2 Å². The predicted octanol–water partition coefficient (Wildman–Crippen LogP) is 4.35.